The van der Waals surface area contributed by atoms with Gasteiger partial charge in [0.25, 0.3) is 0 Å². The summed E-state index contributed by atoms with van der Waals surface area (Å²) in [5.74, 6) is -0.905. The van der Waals surface area contributed by atoms with Gasteiger partial charge in [-0.3, -0.25) is 14.8 Å². The molecule has 2 aromatic heterocycles. The molecule has 0 saturated heterocycles. The van der Waals surface area contributed by atoms with E-state index in [4.69, 9.17) is 5.11 Å². The highest BCUT2D eigenvalue weighted by molar-refractivity contribution is 9.10. The zero-order chi connectivity index (χ0) is 11.5. The summed E-state index contributed by atoms with van der Waals surface area (Å²) in [5.41, 5.74) is 1.13. The number of hydrogen-bond donors (Lipinski definition) is 1. The Kier molecular flexibility index (Phi) is 3.31. The minimum atomic E-state index is -0.905. The van der Waals surface area contributed by atoms with Crippen LogP contribution in [0.4, 0.5) is 0 Å². The third-order valence-corrected chi connectivity index (χ3v) is 3.59. The van der Waals surface area contributed by atoms with Gasteiger partial charge in [-0.15, -0.1) is 11.3 Å². The van der Waals surface area contributed by atoms with Gasteiger partial charge in [0.1, 0.15) is 5.69 Å². The summed E-state index contributed by atoms with van der Waals surface area (Å²) in [7, 11) is 0. The van der Waals surface area contributed by atoms with Crippen molar-refractivity contribution in [3.8, 4) is 10.6 Å². The fourth-order valence-electron chi connectivity index (χ4n) is 1.28. The fraction of sp³-hybridized carbons (Fsp3) is 0.100. The maximum atomic E-state index is 10.7. The number of aliphatic carboxylic acids is 1. The van der Waals surface area contributed by atoms with E-state index < -0.39 is 5.97 Å². The highest BCUT2D eigenvalue weighted by Crippen LogP contribution is 2.29. The van der Waals surface area contributed by atoms with Crippen molar-refractivity contribution < 1.29 is 9.90 Å². The normalized spacial score (nSPS) is 10.3. The number of carboxylic acids is 1. The lowest BCUT2D eigenvalue weighted by Crippen LogP contribution is -2.04. The maximum Gasteiger partial charge on any atom is 0.309 e. The van der Waals surface area contributed by atoms with Gasteiger partial charge < -0.3 is 5.11 Å². The minimum Gasteiger partial charge on any atom is -0.481 e. The number of rotatable bonds is 3. The van der Waals surface area contributed by atoms with Crippen LogP contribution in [0.25, 0.3) is 10.6 Å². The van der Waals surface area contributed by atoms with Gasteiger partial charge in [0.15, 0.2) is 0 Å². The van der Waals surface area contributed by atoms with Gasteiger partial charge in [-0.1, -0.05) is 0 Å². The van der Waals surface area contributed by atoms with Crippen LogP contribution in [0, 0.1) is 0 Å². The Hall–Kier alpha value is -1.27. The molecule has 4 nitrogen and oxygen atoms in total. The standard InChI is InChI=1S/C10H7BrN2O2S/c11-6-3-8(16-5-6)10-7(4-9(14)15)12-1-2-13-10/h1-3,5H,4H2,(H,14,15). The van der Waals surface area contributed by atoms with Crippen LogP contribution < -0.4 is 0 Å². The van der Waals surface area contributed by atoms with Crippen molar-refractivity contribution in [2.24, 2.45) is 0 Å². The number of aromatic nitrogens is 2. The molecule has 0 atom stereocenters. The Balaban J connectivity index is 2.43. The third kappa shape index (κ3) is 2.45. The van der Waals surface area contributed by atoms with E-state index >= 15 is 0 Å². The average Bonchev–Trinajstić information content (AvgIpc) is 2.65. The Morgan fingerprint density at radius 3 is 2.81 bits per heavy atom. The van der Waals surface area contributed by atoms with Gasteiger partial charge in [0.05, 0.1) is 17.0 Å². The topological polar surface area (TPSA) is 63.1 Å². The average molecular weight is 299 g/mol. The fourth-order valence-corrected chi connectivity index (χ4v) is 2.73. The second-order valence-corrected chi connectivity index (χ2v) is 4.88. The van der Waals surface area contributed by atoms with E-state index in [-0.39, 0.29) is 6.42 Å². The monoisotopic (exact) mass is 298 g/mol. The first-order valence-electron chi connectivity index (χ1n) is 4.43. The van der Waals surface area contributed by atoms with E-state index in [0.29, 0.717) is 11.4 Å². The van der Waals surface area contributed by atoms with Crippen LogP contribution >= 0.6 is 27.3 Å². The minimum absolute atomic E-state index is 0.112. The summed E-state index contributed by atoms with van der Waals surface area (Å²) in [5, 5.41) is 10.7. The molecule has 0 aromatic carbocycles. The molecule has 0 unspecified atom stereocenters. The van der Waals surface area contributed by atoms with E-state index in [0.717, 1.165) is 9.35 Å². The van der Waals surface area contributed by atoms with Crippen molar-refractivity contribution in [1.29, 1.82) is 0 Å². The van der Waals surface area contributed by atoms with Gasteiger partial charge in [-0.2, -0.15) is 0 Å². The zero-order valence-electron chi connectivity index (χ0n) is 8.05. The molecule has 16 heavy (non-hydrogen) atoms. The molecule has 0 spiro atoms. The first-order chi connectivity index (χ1) is 7.66. The molecular weight excluding hydrogens is 292 g/mol. The second kappa shape index (κ2) is 4.71. The van der Waals surface area contributed by atoms with E-state index in [1.54, 1.807) is 6.20 Å². The van der Waals surface area contributed by atoms with Crippen molar-refractivity contribution in [1.82, 2.24) is 9.97 Å². The number of carboxylic acid groups (broad SMARTS) is 1. The van der Waals surface area contributed by atoms with Crippen LogP contribution in [0.5, 0.6) is 0 Å². The lowest BCUT2D eigenvalue weighted by Gasteiger charge is -2.02. The van der Waals surface area contributed by atoms with Crippen LogP contribution in [-0.2, 0) is 11.2 Å². The molecular formula is C10H7BrN2O2S. The molecule has 0 aliphatic heterocycles. The highest BCUT2D eigenvalue weighted by atomic mass is 79.9. The largest absolute Gasteiger partial charge is 0.481 e. The SMILES string of the molecule is O=C(O)Cc1nccnc1-c1cc(Br)cs1. The lowest BCUT2D eigenvalue weighted by atomic mass is 10.2. The van der Waals surface area contributed by atoms with Crippen molar-refractivity contribution >= 4 is 33.2 Å². The zero-order valence-corrected chi connectivity index (χ0v) is 10.5. The van der Waals surface area contributed by atoms with E-state index in [1.807, 2.05) is 11.4 Å². The number of carbonyl (C=O) groups is 1. The van der Waals surface area contributed by atoms with Crippen LogP contribution in [0.3, 0.4) is 0 Å². The third-order valence-electron chi connectivity index (χ3n) is 1.89. The predicted octanol–water partition coefficient (Wildman–Crippen LogP) is 2.59. The van der Waals surface area contributed by atoms with E-state index in [1.165, 1.54) is 17.5 Å². The Morgan fingerprint density at radius 2 is 2.19 bits per heavy atom. The molecule has 0 fully saturated rings. The summed E-state index contributed by atoms with van der Waals surface area (Å²) in [6.45, 7) is 0. The molecule has 1 N–H and O–H groups in total. The molecule has 2 heterocycles. The quantitative estimate of drug-likeness (QED) is 0.946. The van der Waals surface area contributed by atoms with Crippen molar-refractivity contribution in [2.45, 2.75) is 6.42 Å². The summed E-state index contributed by atoms with van der Waals surface area (Å²) in [4.78, 5) is 19.8. The number of halogens is 1. The Labute approximate surface area is 104 Å². The van der Waals surface area contributed by atoms with Gasteiger partial charge in [0, 0.05) is 22.2 Å². The van der Waals surface area contributed by atoms with Crippen LogP contribution in [0.1, 0.15) is 5.69 Å². The van der Waals surface area contributed by atoms with Gasteiger partial charge >= 0.3 is 5.97 Å². The maximum absolute atomic E-state index is 10.7. The molecule has 0 radical (unpaired) electrons. The molecule has 0 bridgehead atoms. The molecule has 0 amide bonds. The molecule has 0 aliphatic carbocycles. The molecule has 0 aliphatic rings. The van der Waals surface area contributed by atoms with Crippen molar-refractivity contribution in [3.05, 3.63) is 34.0 Å². The van der Waals surface area contributed by atoms with Crippen molar-refractivity contribution in [3.63, 3.8) is 0 Å². The van der Waals surface area contributed by atoms with Crippen LogP contribution in [0.15, 0.2) is 28.3 Å². The molecule has 2 rings (SSSR count). The van der Waals surface area contributed by atoms with Gasteiger partial charge in [-0.25, -0.2) is 0 Å². The summed E-state index contributed by atoms with van der Waals surface area (Å²) in [6, 6.07) is 1.90. The molecule has 82 valence electrons. The summed E-state index contributed by atoms with van der Waals surface area (Å²) in [6.07, 6.45) is 2.96. The number of nitrogens with zero attached hydrogens (tertiary/aromatic N) is 2. The summed E-state index contributed by atoms with van der Waals surface area (Å²) < 4.78 is 0.958. The van der Waals surface area contributed by atoms with Gasteiger partial charge in [-0.05, 0) is 22.0 Å². The molecule has 2 aromatic rings. The Morgan fingerprint density at radius 1 is 1.44 bits per heavy atom. The van der Waals surface area contributed by atoms with E-state index in [9.17, 15) is 4.79 Å². The first kappa shape index (κ1) is 11.2. The molecule has 6 heteroatoms. The first-order valence-corrected chi connectivity index (χ1v) is 6.10. The van der Waals surface area contributed by atoms with Crippen molar-refractivity contribution in [2.75, 3.05) is 0 Å². The van der Waals surface area contributed by atoms with Gasteiger partial charge in [0.2, 0.25) is 0 Å². The summed E-state index contributed by atoms with van der Waals surface area (Å²) >= 11 is 4.85. The smallest absolute Gasteiger partial charge is 0.309 e. The molecule has 0 saturated carbocycles. The highest BCUT2D eigenvalue weighted by Gasteiger charge is 2.12. The Bertz CT molecular complexity index is 527. The lowest BCUT2D eigenvalue weighted by molar-refractivity contribution is -0.136. The number of thiophene rings is 1. The number of hydrogen-bond acceptors (Lipinski definition) is 4. The van der Waals surface area contributed by atoms with Crippen LogP contribution in [-0.4, -0.2) is 21.0 Å². The predicted molar refractivity (Wildman–Crippen MR) is 64.4 cm³/mol. The second-order valence-electron chi connectivity index (χ2n) is 3.05. The van der Waals surface area contributed by atoms with Crippen LogP contribution in [0.2, 0.25) is 0 Å². The van der Waals surface area contributed by atoms with E-state index in [2.05, 4.69) is 25.9 Å².